The van der Waals surface area contributed by atoms with Crippen molar-refractivity contribution in [3.63, 3.8) is 0 Å². The van der Waals surface area contributed by atoms with Crippen LogP contribution in [0.3, 0.4) is 0 Å². The van der Waals surface area contributed by atoms with Crippen molar-refractivity contribution in [1.29, 1.82) is 0 Å². The van der Waals surface area contributed by atoms with Crippen molar-refractivity contribution in [2.45, 2.75) is 6.92 Å². The number of carbonyl (C=O) groups is 1. The third kappa shape index (κ3) is 3.46. The summed E-state index contributed by atoms with van der Waals surface area (Å²) in [5, 5.41) is 7.09. The lowest BCUT2D eigenvalue weighted by molar-refractivity contribution is 0.102. The molecule has 1 amide bonds. The predicted molar refractivity (Wildman–Crippen MR) is 118 cm³/mol. The molecular formula is C24H18FN5O. The molecule has 0 aliphatic heterocycles. The molecule has 0 saturated heterocycles. The molecule has 5 rings (SSSR count). The highest BCUT2D eigenvalue weighted by atomic mass is 19.1. The summed E-state index contributed by atoms with van der Waals surface area (Å²) >= 11 is 0. The van der Waals surface area contributed by atoms with Crippen molar-refractivity contribution < 1.29 is 9.18 Å². The van der Waals surface area contributed by atoms with Gasteiger partial charge in [-0.15, -0.1) is 0 Å². The smallest absolute Gasteiger partial charge is 0.259 e. The lowest BCUT2D eigenvalue weighted by atomic mass is 10.1. The predicted octanol–water partition coefficient (Wildman–Crippen LogP) is 5.12. The van der Waals surface area contributed by atoms with Crippen LogP contribution >= 0.6 is 0 Å². The fraction of sp³-hybridized carbons (Fsp3) is 0.0417. The van der Waals surface area contributed by atoms with Crippen molar-refractivity contribution >= 4 is 22.6 Å². The Morgan fingerprint density at radius 2 is 1.84 bits per heavy atom. The second kappa shape index (κ2) is 7.53. The number of aromatic nitrogens is 4. The first kappa shape index (κ1) is 18.7. The molecule has 5 aromatic rings. The maximum absolute atomic E-state index is 14.1. The first-order chi connectivity index (χ1) is 15.1. The number of H-pyrrole nitrogens is 1. The fourth-order valence-corrected chi connectivity index (χ4v) is 3.53. The number of imidazole rings is 1. The van der Waals surface area contributed by atoms with E-state index in [1.54, 1.807) is 31.2 Å². The van der Waals surface area contributed by atoms with Crippen molar-refractivity contribution in [3.05, 3.63) is 96.1 Å². The van der Waals surface area contributed by atoms with Crippen LogP contribution < -0.4 is 5.32 Å². The Balaban J connectivity index is 1.41. The molecule has 2 aromatic heterocycles. The first-order valence-electron chi connectivity index (χ1n) is 9.76. The molecule has 2 N–H and O–H groups in total. The van der Waals surface area contributed by atoms with Gasteiger partial charge in [0.15, 0.2) is 0 Å². The number of benzene rings is 3. The van der Waals surface area contributed by atoms with E-state index in [0.29, 0.717) is 22.6 Å². The zero-order valence-electron chi connectivity index (χ0n) is 16.6. The monoisotopic (exact) mass is 411 g/mol. The number of fused-ring (bicyclic) bond motifs is 1. The highest BCUT2D eigenvalue weighted by Gasteiger charge is 2.17. The Morgan fingerprint density at radius 1 is 1.03 bits per heavy atom. The summed E-state index contributed by atoms with van der Waals surface area (Å²) in [6, 6.07) is 21.6. The van der Waals surface area contributed by atoms with Crippen molar-refractivity contribution in [1.82, 2.24) is 19.7 Å². The van der Waals surface area contributed by atoms with Gasteiger partial charge in [0, 0.05) is 11.3 Å². The number of hydrogen-bond acceptors (Lipinski definition) is 3. The molecule has 0 atom stereocenters. The molecule has 7 heteroatoms. The average molecular weight is 411 g/mol. The molecule has 0 unspecified atom stereocenters. The number of nitrogens with one attached hydrogen (secondary N) is 2. The van der Waals surface area contributed by atoms with Crippen LogP contribution in [0.25, 0.3) is 28.1 Å². The first-order valence-corrected chi connectivity index (χ1v) is 9.76. The van der Waals surface area contributed by atoms with Crippen molar-refractivity contribution in [3.8, 4) is 17.1 Å². The van der Waals surface area contributed by atoms with E-state index in [0.717, 1.165) is 22.4 Å². The van der Waals surface area contributed by atoms with Gasteiger partial charge >= 0.3 is 0 Å². The second-order valence-corrected chi connectivity index (χ2v) is 7.14. The number of aromatic amines is 1. The molecule has 0 aliphatic rings. The van der Waals surface area contributed by atoms with Crippen molar-refractivity contribution in [2.75, 3.05) is 5.32 Å². The van der Waals surface area contributed by atoms with Crippen LogP contribution in [0, 0.1) is 12.7 Å². The van der Waals surface area contributed by atoms with Crippen LogP contribution in [0.5, 0.6) is 0 Å². The SMILES string of the molecule is Cc1c(C(=O)Nc2cccc(-c3nc4ccccc4[nH]3)c2)cnn1-c1ccccc1F. The van der Waals surface area contributed by atoms with E-state index >= 15 is 0 Å². The molecule has 31 heavy (non-hydrogen) atoms. The van der Waals surface area contributed by atoms with Gasteiger partial charge in [-0.1, -0.05) is 36.4 Å². The maximum Gasteiger partial charge on any atom is 0.259 e. The molecule has 0 fully saturated rings. The average Bonchev–Trinajstić information content (AvgIpc) is 3.38. The summed E-state index contributed by atoms with van der Waals surface area (Å²) in [5.74, 6) is 0.00175. The molecule has 2 heterocycles. The highest BCUT2D eigenvalue weighted by molar-refractivity contribution is 6.05. The van der Waals surface area contributed by atoms with Gasteiger partial charge in [0.25, 0.3) is 5.91 Å². The third-order valence-electron chi connectivity index (χ3n) is 5.12. The minimum atomic E-state index is -0.404. The number of anilines is 1. The van der Waals surface area contributed by atoms with Crippen LogP contribution in [-0.2, 0) is 0 Å². The van der Waals surface area contributed by atoms with Crippen LogP contribution in [-0.4, -0.2) is 25.7 Å². The minimum absolute atomic E-state index is 0.297. The van der Waals surface area contributed by atoms with Gasteiger partial charge < -0.3 is 10.3 Å². The van der Waals surface area contributed by atoms with Crippen LogP contribution in [0.1, 0.15) is 16.1 Å². The Morgan fingerprint density at radius 3 is 2.68 bits per heavy atom. The van der Waals surface area contributed by atoms with Gasteiger partial charge in [0.2, 0.25) is 0 Å². The van der Waals surface area contributed by atoms with E-state index in [1.165, 1.54) is 16.9 Å². The number of nitrogens with zero attached hydrogens (tertiary/aromatic N) is 3. The van der Waals surface area contributed by atoms with E-state index < -0.39 is 5.82 Å². The number of carbonyl (C=O) groups excluding carboxylic acids is 1. The number of halogens is 1. The molecule has 0 spiro atoms. The third-order valence-corrected chi connectivity index (χ3v) is 5.12. The molecule has 0 bridgehead atoms. The lowest BCUT2D eigenvalue weighted by Gasteiger charge is -2.08. The molecule has 0 saturated carbocycles. The Kier molecular flexibility index (Phi) is 4.55. The molecule has 3 aromatic carbocycles. The van der Waals surface area contributed by atoms with Gasteiger partial charge in [-0.3, -0.25) is 4.79 Å². The highest BCUT2D eigenvalue weighted by Crippen LogP contribution is 2.24. The van der Waals surface area contributed by atoms with Crippen LogP contribution in [0.2, 0.25) is 0 Å². The summed E-state index contributed by atoms with van der Waals surface area (Å²) < 4.78 is 15.6. The summed E-state index contributed by atoms with van der Waals surface area (Å²) in [5.41, 5.74) is 4.53. The standard InChI is InChI=1S/C24H18FN5O/c1-15-18(14-26-30(15)22-12-5-2-9-19(22)25)24(31)27-17-8-6-7-16(13-17)23-28-20-10-3-4-11-21(20)29-23/h2-14H,1H3,(H,27,31)(H,28,29). The Hall–Kier alpha value is -4.26. The zero-order valence-corrected chi connectivity index (χ0v) is 16.6. The Bertz CT molecular complexity index is 1390. The molecule has 0 aliphatic carbocycles. The van der Waals surface area contributed by atoms with Gasteiger partial charge in [-0.2, -0.15) is 5.10 Å². The fourth-order valence-electron chi connectivity index (χ4n) is 3.53. The van der Waals surface area contributed by atoms with E-state index in [4.69, 9.17) is 0 Å². The normalized spacial score (nSPS) is 11.0. The quantitative estimate of drug-likeness (QED) is 0.431. The van der Waals surface area contributed by atoms with E-state index in [9.17, 15) is 9.18 Å². The lowest BCUT2D eigenvalue weighted by Crippen LogP contribution is -2.13. The Labute approximate surface area is 177 Å². The molecule has 152 valence electrons. The number of para-hydroxylation sites is 3. The zero-order chi connectivity index (χ0) is 21.4. The van der Waals surface area contributed by atoms with Crippen molar-refractivity contribution in [2.24, 2.45) is 0 Å². The number of amides is 1. The van der Waals surface area contributed by atoms with E-state index in [1.807, 2.05) is 42.5 Å². The summed E-state index contributed by atoms with van der Waals surface area (Å²) in [6.45, 7) is 1.74. The second-order valence-electron chi connectivity index (χ2n) is 7.14. The molecular weight excluding hydrogens is 393 g/mol. The largest absolute Gasteiger partial charge is 0.338 e. The van der Waals surface area contributed by atoms with Gasteiger partial charge in [-0.25, -0.2) is 14.1 Å². The maximum atomic E-state index is 14.1. The summed E-state index contributed by atoms with van der Waals surface area (Å²) in [4.78, 5) is 20.8. The van der Waals surface area contributed by atoms with Crippen LogP contribution in [0.4, 0.5) is 10.1 Å². The van der Waals surface area contributed by atoms with Gasteiger partial charge in [0.05, 0.1) is 28.5 Å². The number of rotatable bonds is 4. The van der Waals surface area contributed by atoms with E-state index in [2.05, 4.69) is 20.4 Å². The van der Waals surface area contributed by atoms with Gasteiger partial charge in [-0.05, 0) is 43.3 Å². The summed E-state index contributed by atoms with van der Waals surface area (Å²) in [6.07, 6.45) is 1.44. The topological polar surface area (TPSA) is 75.6 Å². The molecule has 6 nitrogen and oxygen atoms in total. The summed E-state index contributed by atoms with van der Waals surface area (Å²) in [7, 11) is 0. The van der Waals surface area contributed by atoms with Crippen LogP contribution in [0.15, 0.2) is 79.0 Å². The minimum Gasteiger partial charge on any atom is -0.338 e. The van der Waals surface area contributed by atoms with Gasteiger partial charge in [0.1, 0.15) is 17.3 Å². The number of hydrogen-bond donors (Lipinski definition) is 2. The molecule has 0 radical (unpaired) electrons. The van der Waals surface area contributed by atoms with E-state index in [-0.39, 0.29) is 5.91 Å².